The molecule has 0 radical (unpaired) electrons. The standard InChI is InChI=1S/C15H14N2O3/c1-11-6-8-12(9-7-11)14(16-18)10-13-4-2-3-5-15(13)17(19)20/h2-9,18H,10H2,1H3/b16-14-. The zero-order chi connectivity index (χ0) is 14.5. The minimum Gasteiger partial charge on any atom is -0.411 e. The molecule has 0 aliphatic rings. The van der Waals surface area contributed by atoms with Crippen molar-refractivity contribution in [1.29, 1.82) is 0 Å². The van der Waals surface area contributed by atoms with Gasteiger partial charge in [0.2, 0.25) is 0 Å². The SMILES string of the molecule is Cc1ccc(/C(Cc2ccccc2[N+](=O)[O-])=N\O)cc1. The number of nitrogens with zero attached hydrogens (tertiary/aromatic N) is 2. The van der Waals surface area contributed by atoms with E-state index in [1.807, 2.05) is 31.2 Å². The molecule has 0 heterocycles. The second-order valence-corrected chi connectivity index (χ2v) is 4.48. The lowest BCUT2D eigenvalue weighted by Crippen LogP contribution is -2.07. The lowest BCUT2D eigenvalue weighted by Gasteiger charge is -2.06. The Morgan fingerprint density at radius 2 is 1.85 bits per heavy atom. The Kier molecular flexibility index (Phi) is 4.10. The van der Waals surface area contributed by atoms with Gasteiger partial charge in [0.25, 0.3) is 5.69 Å². The number of nitro groups is 1. The van der Waals surface area contributed by atoms with E-state index in [-0.39, 0.29) is 12.1 Å². The maximum Gasteiger partial charge on any atom is 0.272 e. The van der Waals surface area contributed by atoms with Crippen LogP contribution in [0.1, 0.15) is 16.7 Å². The van der Waals surface area contributed by atoms with Gasteiger partial charge in [0, 0.05) is 18.1 Å². The van der Waals surface area contributed by atoms with Crippen LogP contribution < -0.4 is 0 Å². The van der Waals surface area contributed by atoms with Gasteiger partial charge in [-0.2, -0.15) is 0 Å². The van der Waals surface area contributed by atoms with E-state index in [1.54, 1.807) is 18.2 Å². The first-order valence-electron chi connectivity index (χ1n) is 6.12. The van der Waals surface area contributed by atoms with Crippen molar-refractivity contribution in [3.05, 3.63) is 75.3 Å². The summed E-state index contributed by atoms with van der Waals surface area (Å²) in [6.07, 6.45) is 0.205. The molecule has 0 atom stereocenters. The number of nitro benzene ring substituents is 1. The Morgan fingerprint density at radius 3 is 2.45 bits per heavy atom. The molecule has 0 aromatic heterocycles. The first-order valence-corrected chi connectivity index (χ1v) is 6.12. The van der Waals surface area contributed by atoms with Crippen LogP contribution in [0.3, 0.4) is 0 Å². The van der Waals surface area contributed by atoms with E-state index in [4.69, 9.17) is 5.21 Å². The van der Waals surface area contributed by atoms with Crippen molar-refractivity contribution in [2.45, 2.75) is 13.3 Å². The lowest BCUT2D eigenvalue weighted by molar-refractivity contribution is -0.385. The molecule has 0 unspecified atom stereocenters. The number of aryl methyl sites for hydroxylation is 1. The van der Waals surface area contributed by atoms with Crippen molar-refractivity contribution in [2.75, 3.05) is 0 Å². The molecule has 20 heavy (non-hydrogen) atoms. The summed E-state index contributed by atoms with van der Waals surface area (Å²) in [5, 5.41) is 23.4. The van der Waals surface area contributed by atoms with Crippen LogP contribution in [0.15, 0.2) is 53.7 Å². The Bertz CT molecular complexity index is 648. The summed E-state index contributed by atoms with van der Waals surface area (Å²) in [6, 6.07) is 13.9. The van der Waals surface area contributed by atoms with Crippen molar-refractivity contribution in [1.82, 2.24) is 0 Å². The highest BCUT2D eigenvalue weighted by atomic mass is 16.6. The number of hydrogen-bond donors (Lipinski definition) is 1. The zero-order valence-corrected chi connectivity index (χ0v) is 11.0. The third kappa shape index (κ3) is 3.00. The highest BCUT2D eigenvalue weighted by Gasteiger charge is 2.15. The summed E-state index contributed by atoms with van der Waals surface area (Å²) in [7, 11) is 0. The van der Waals surface area contributed by atoms with E-state index >= 15 is 0 Å². The highest BCUT2D eigenvalue weighted by Crippen LogP contribution is 2.20. The molecule has 1 N–H and O–H groups in total. The van der Waals surface area contributed by atoms with Gasteiger partial charge < -0.3 is 5.21 Å². The minimum atomic E-state index is -0.431. The van der Waals surface area contributed by atoms with Crippen LogP contribution in [-0.4, -0.2) is 15.8 Å². The molecule has 5 nitrogen and oxygen atoms in total. The summed E-state index contributed by atoms with van der Waals surface area (Å²) in [5.74, 6) is 0. The molecule has 5 heteroatoms. The van der Waals surface area contributed by atoms with Crippen LogP contribution in [-0.2, 0) is 6.42 Å². The first kappa shape index (κ1) is 13.7. The fourth-order valence-corrected chi connectivity index (χ4v) is 1.96. The van der Waals surface area contributed by atoms with Crippen molar-refractivity contribution in [2.24, 2.45) is 5.16 Å². The summed E-state index contributed by atoms with van der Waals surface area (Å²) in [6.45, 7) is 1.96. The van der Waals surface area contributed by atoms with E-state index in [0.29, 0.717) is 11.3 Å². The molecular formula is C15H14N2O3. The largest absolute Gasteiger partial charge is 0.411 e. The van der Waals surface area contributed by atoms with Crippen molar-refractivity contribution >= 4 is 11.4 Å². The number of oxime groups is 1. The van der Waals surface area contributed by atoms with E-state index in [0.717, 1.165) is 11.1 Å². The van der Waals surface area contributed by atoms with Crippen LogP contribution in [0.4, 0.5) is 5.69 Å². The smallest absolute Gasteiger partial charge is 0.272 e. The van der Waals surface area contributed by atoms with E-state index in [1.165, 1.54) is 6.07 Å². The molecule has 0 aliphatic carbocycles. The maximum atomic E-state index is 11.0. The monoisotopic (exact) mass is 270 g/mol. The van der Waals surface area contributed by atoms with Crippen LogP contribution in [0.25, 0.3) is 0 Å². The molecule has 2 aromatic rings. The molecule has 0 bridgehead atoms. The van der Waals surface area contributed by atoms with E-state index in [9.17, 15) is 10.1 Å². The van der Waals surface area contributed by atoms with E-state index in [2.05, 4.69) is 5.16 Å². The average Bonchev–Trinajstić information content (AvgIpc) is 2.46. The quantitative estimate of drug-likeness (QED) is 0.400. The van der Waals surface area contributed by atoms with Crippen molar-refractivity contribution in [3.8, 4) is 0 Å². The molecule has 0 spiro atoms. The Morgan fingerprint density at radius 1 is 1.20 bits per heavy atom. The first-order chi connectivity index (χ1) is 9.61. The Hall–Kier alpha value is -2.69. The fourth-order valence-electron chi connectivity index (χ4n) is 1.96. The molecule has 0 saturated carbocycles. The van der Waals surface area contributed by atoms with Gasteiger partial charge in [-0.1, -0.05) is 53.2 Å². The highest BCUT2D eigenvalue weighted by molar-refractivity contribution is 6.01. The topological polar surface area (TPSA) is 75.7 Å². The summed E-state index contributed by atoms with van der Waals surface area (Å²) >= 11 is 0. The van der Waals surface area contributed by atoms with Crippen molar-refractivity contribution in [3.63, 3.8) is 0 Å². The molecule has 2 aromatic carbocycles. The molecule has 0 amide bonds. The molecule has 0 aliphatic heterocycles. The molecule has 2 rings (SSSR count). The molecule has 102 valence electrons. The second-order valence-electron chi connectivity index (χ2n) is 4.48. The van der Waals surface area contributed by atoms with Gasteiger partial charge in [-0.15, -0.1) is 0 Å². The van der Waals surface area contributed by atoms with Gasteiger partial charge >= 0.3 is 0 Å². The number of benzene rings is 2. The Labute approximate surface area is 116 Å². The van der Waals surface area contributed by atoms with Gasteiger partial charge in [0.15, 0.2) is 0 Å². The van der Waals surface area contributed by atoms with Crippen LogP contribution in [0, 0.1) is 17.0 Å². The van der Waals surface area contributed by atoms with Crippen LogP contribution in [0.2, 0.25) is 0 Å². The fraction of sp³-hybridized carbons (Fsp3) is 0.133. The van der Waals surface area contributed by atoms with Gasteiger partial charge in [0.1, 0.15) is 0 Å². The molecule has 0 fully saturated rings. The third-order valence-corrected chi connectivity index (χ3v) is 3.05. The van der Waals surface area contributed by atoms with Gasteiger partial charge in [-0.25, -0.2) is 0 Å². The van der Waals surface area contributed by atoms with E-state index < -0.39 is 4.92 Å². The van der Waals surface area contributed by atoms with Crippen LogP contribution >= 0.6 is 0 Å². The van der Waals surface area contributed by atoms with Crippen LogP contribution in [0.5, 0.6) is 0 Å². The second kappa shape index (κ2) is 5.97. The minimum absolute atomic E-state index is 0.0285. The third-order valence-electron chi connectivity index (χ3n) is 3.05. The van der Waals surface area contributed by atoms with Gasteiger partial charge in [0.05, 0.1) is 10.6 Å². The molecular weight excluding hydrogens is 256 g/mol. The zero-order valence-electron chi connectivity index (χ0n) is 11.0. The predicted octanol–water partition coefficient (Wildman–Crippen LogP) is 3.32. The Balaban J connectivity index is 2.32. The van der Waals surface area contributed by atoms with Gasteiger partial charge in [-0.3, -0.25) is 10.1 Å². The van der Waals surface area contributed by atoms with Crippen molar-refractivity contribution < 1.29 is 10.1 Å². The predicted molar refractivity (Wildman–Crippen MR) is 76.3 cm³/mol. The summed E-state index contributed by atoms with van der Waals surface area (Å²) in [4.78, 5) is 10.5. The lowest BCUT2D eigenvalue weighted by atomic mass is 10.0. The summed E-state index contributed by atoms with van der Waals surface area (Å²) < 4.78 is 0. The normalized spacial score (nSPS) is 11.3. The molecule has 0 saturated heterocycles. The number of hydrogen-bond acceptors (Lipinski definition) is 4. The van der Waals surface area contributed by atoms with Gasteiger partial charge in [-0.05, 0) is 12.5 Å². The number of para-hydroxylation sites is 1. The number of rotatable bonds is 4. The maximum absolute atomic E-state index is 11.0. The average molecular weight is 270 g/mol. The summed E-state index contributed by atoms with van der Waals surface area (Å²) in [5.41, 5.74) is 2.79.